The maximum absolute atomic E-state index is 13.2. The summed E-state index contributed by atoms with van der Waals surface area (Å²) in [4.78, 5) is 33.9. The highest BCUT2D eigenvalue weighted by Crippen LogP contribution is 2.29. The Bertz CT molecular complexity index is 1040. The van der Waals surface area contributed by atoms with E-state index in [1.54, 1.807) is 12.4 Å². The first-order chi connectivity index (χ1) is 17.2. The van der Waals surface area contributed by atoms with Gasteiger partial charge in [-0.2, -0.15) is 13.2 Å². The van der Waals surface area contributed by atoms with Crippen LogP contribution in [-0.4, -0.2) is 69.7 Å². The summed E-state index contributed by atoms with van der Waals surface area (Å²) in [5.41, 5.74) is 6.64. The normalized spacial score (nSPS) is 18.9. The van der Waals surface area contributed by atoms with Crippen LogP contribution in [0.25, 0.3) is 0 Å². The second kappa shape index (κ2) is 11.2. The van der Waals surface area contributed by atoms with E-state index in [0.29, 0.717) is 37.2 Å². The molecule has 4 rings (SSSR count). The topological polar surface area (TPSA) is 110 Å². The van der Waals surface area contributed by atoms with Gasteiger partial charge in [0, 0.05) is 61.2 Å². The van der Waals surface area contributed by atoms with Crippen LogP contribution in [0.1, 0.15) is 42.5 Å². The molecule has 9 nitrogen and oxygen atoms in total. The highest BCUT2D eigenvalue weighted by Gasteiger charge is 2.34. The van der Waals surface area contributed by atoms with Crippen molar-refractivity contribution >= 4 is 17.6 Å². The zero-order valence-electron chi connectivity index (χ0n) is 20.1. The molecular formula is C24H30F3N7O2. The Balaban J connectivity index is 1.29. The largest absolute Gasteiger partial charge is 0.433 e. The van der Waals surface area contributed by atoms with Crippen molar-refractivity contribution in [1.82, 2.24) is 24.8 Å². The van der Waals surface area contributed by atoms with E-state index in [9.17, 15) is 18.0 Å². The second-order valence-corrected chi connectivity index (χ2v) is 9.19. The van der Waals surface area contributed by atoms with Gasteiger partial charge in [0.2, 0.25) is 11.9 Å². The fourth-order valence-electron chi connectivity index (χ4n) is 4.85. The molecule has 1 amide bonds. The smallest absolute Gasteiger partial charge is 0.399 e. The summed E-state index contributed by atoms with van der Waals surface area (Å²) in [5, 5.41) is 4.09. The number of carbonyl (C=O) groups excluding carboxylic acids is 1. The number of piperidine rings is 2. The van der Waals surface area contributed by atoms with Crippen LogP contribution in [0.3, 0.4) is 0 Å². The van der Waals surface area contributed by atoms with Gasteiger partial charge in [0.15, 0.2) is 0 Å². The average Bonchev–Trinajstić information content (AvgIpc) is 2.88. The van der Waals surface area contributed by atoms with Crippen molar-refractivity contribution in [2.75, 3.05) is 39.0 Å². The standard InChI is InChI=1S/C24H30F3N7O2/c1-36-32-21(19-2-3-20(29-14-19)24(25,26)27)17-6-10-34(11-7-17)22(35)18-4-8-33(9-5-18)15-16-12-30-23(28)31-13-16/h2-3,12-14,17-18H,4-11,15H2,1H3,(H2,28,30,31). The Labute approximate surface area is 207 Å². The Morgan fingerprint density at radius 1 is 1.03 bits per heavy atom. The number of aromatic nitrogens is 3. The maximum Gasteiger partial charge on any atom is 0.433 e. The summed E-state index contributed by atoms with van der Waals surface area (Å²) in [6.45, 7) is 3.52. The van der Waals surface area contributed by atoms with E-state index in [4.69, 9.17) is 10.6 Å². The summed E-state index contributed by atoms with van der Waals surface area (Å²) < 4.78 is 38.6. The molecule has 2 aromatic heterocycles. The van der Waals surface area contributed by atoms with Crippen molar-refractivity contribution in [1.29, 1.82) is 0 Å². The number of likely N-dealkylation sites (tertiary alicyclic amines) is 2. The number of pyridine rings is 1. The number of halogens is 3. The second-order valence-electron chi connectivity index (χ2n) is 9.19. The molecule has 36 heavy (non-hydrogen) atoms. The summed E-state index contributed by atoms with van der Waals surface area (Å²) in [7, 11) is 1.41. The van der Waals surface area contributed by atoms with E-state index in [2.05, 4.69) is 25.0 Å². The van der Waals surface area contributed by atoms with Gasteiger partial charge in [0.05, 0.1) is 5.71 Å². The molecule has 2 saturated heterocycles. The van der Waals surface area contributed by atoms with Gasteiger partial charge in [0.1, 0.15) is 12.8 Å². The molecule has 2 fully saturated rings. The predicted molar refractivity (Wildman–Crippen MR) is 127 cm³/mol. The van der Waals surface area contributed by atoms with Crippen LogP contribution in [0.2, 0.25) is 0 Å². The third-order valence-corrected chi connectivity index (χ3v) is 6.80. The van der Waals surface area contributed by atoms with Crippen molar-refractivity contribution in [3.8, 4) is 0 Å². The van der Waals surface area contributed by atoms with Crippen LogP contribution < -0.4 is 5.73 Å². The number of carbonyl (C=O) groups is 1. The number of hydrogen-bond acceptors (Lipinski definition) is 8. The summed E-state index contributed by atoms with van der Waals surface area (Å²) in [6.07, 6.45) is 3.05. The molecule has 194 valence electrons. The molecule has 2 aromatic rings. The molecule has 0 saturated carbocycles. The molecule has 0 aromatic carbocycles. The van der Waals surface area contributed by atoms with Crippen molar-refractivity contribution in [2.45, 2.75) is 38.4 Å². The van der Waals surface area contributed by atoms with Crippen LogP contribution in [0.15, 0.2) is 35.9 Å². The molecule has 2 aliphatic heterocycles. The monoisotopic (exact) mass is 505 g/mol. The number of oxime groups is 1. The van der Waals surface area contributed by atoms with Gasteiger partial charge >= 0.3 is 6.18 Å². The maximum atomic E-state index is 13.2. The fourth-order valence-corrected chi connectivity index (χ4v) is 4.85. The lowest BCUT2D eigenvalue weighted by atomic mass is 9.87. The average molecular weight is 506 g/mol. The van der Waals surface area contributed by atoms with Gasteiger partial charge in [0.25, 0.3) is 0 Å². The van der Waals surface area contributed by atoms with E-state index >= 15 is 0 Å². The van der Waals surface area contributed by atoms with Crippen molar-refractivity contribution in [2.24, 2.45) is 17.0 Å². The van der Waals surface area contributed by atoms with Crippen molar-refractivity contribution in [3.63, 3.8) is 0 Å². The van der Waals surface area contributed by atoms with Gasteiger partial charge < -0.3 is 15.5 Å². The van der Waals surface area contributed by atoms with Crippen LogP contribution in [0.5, 0.6) is 0 Å². The molecule has 0 radical (unpaired) electrons. The minimum absolute atomic E-state index is 0.00769. The lowest BCUT2D eigenvalue weighted by molar-refractivity contribution is -0.141. The number of nitrogens with two attached hydrogens (primary N) is 1. The minimum Gasteiger partial charge on any atom is -0.399 e. The first-order valence-electron chi connectivity index (χ1n) is 12.0. The van der Waals surface area contributed by atoms with Gasteiger partial charge in [-0.15, -0.1) is 0 Å². The fraction of sp³-hybridized carbons (Fsp3) is 0.542. The predicted octanol–water partition coefficient (Wildman–Crippen LogP) is 2.97. The zero-order valence-corrected chi connectivity index (χ0v) is 20.1. The van der Waals surface area contributed by atoms with Crippen LogP contribution in [0, 0.1) is 11.8 Å². The highest BCUT2D eigenvalue weighted by molar-refractivity contribution is 6.01. The highest BCUT2D eigenvalue weighted by atomic mass is 19.4. The van der Waals surface area contributed by atoms with E-state index in [-0.39, 0.29) is 23.7 Å². The molecule has 0 spiro atoms. The third-order valence-electron chi connectivity index (χ3n) is 6.80. The summed E-state index contributed by atoms with van der Waals surface area (Å²) in [5.74, 6) is 0.386. The molecule has 2 aliphatic rings. The molecular weight excluding hydrogens is 475 g/mol. The summed E-state index contributed by atoms with van der Waals surface area (Å²) >= 11 is 0. The number of anilines is 1. The molecule has 4 heterocycles. The minimum atomic E-state index is -4.50. The number of amides is 1. The van der Waals surface area contributed by atoms with Crippen LogP contribution >= 0.6 is 0 Å². The Kier molecular flexibility index (Phi) is 8.02. The van der Waals surface area contributed by atoms with Gasteiger partial charge in [-0.1, -0.05) is 5.16 Å². The zero-order chi connectivity index (χ0) is 25.7. The lowest BCUT2D eigenvalue weighted by Gasteiger charge is -2.37. The Morgan fingerprint density at radius 2 is 1.67 bits per heavy atom. The van der Waals surface area contributed by atoms with E-state index < -0.39 is 11.9 Å². The van der Waals surface area contributed by atoms with Crippen LogP contribution in [-0.2, 0) is 22.4 Å². The number of nitrogen functional groups attached to an aromatic ring is 1. The quantitative estimate of drug-likeness (QED) is 0.475. The lowest BCUT2D eigenvalue weighted by Crippen LogP contribution is -2.46. The first kappa shape index (κ1) is 25.8. The van der Waals surface area contributed by atoms with E-state index in [0.717, 1.165) is 44.1 Å². The molecule has 2 N–H and O–H groups in total. The van der Waals surface area contributed by atoms with Gasteiger partial charge in [-0.05, 0) is 50.9 Å². The summed E-state index contributed by atoms with van der Waals surface area (Å²) in [6, 6.07) is 2.32. The first-order valence-corrected chi connectivity index (χ1v) is 12.0. The molecule has 0 bridgehead atoms. The van der Waals surface area contributed by atoms with Crippen molar-refractivity contribution < 1.29 is 22.8 Å². The van der Waals surface area contributed by atoms with E-state index in [1.165, 1.54) is 19.4 Å². The Hall–Kier alpha value is -3.28. The molecule has 12 heteroatoms. The number of nitrogens with zero attached hydrogens (tertiary/aromatic N) is 6. The Morgan fingerprint density at radius 3 is 2.22 bits per heavy atom. The molecule has 0 atom stereocenters. The third kappa shape index (κ3) is 6.28. The SMILES string of the molecule is CON=C(c1ccc(C(F)(F)F)nc1)C1CCN(C(=O)C2CCN(Cc3cnc(N)nc3)CC2)CC1. The van der Waals surface area contributed by atoms with Crippen molar-refractivity contribution in [3.05, 3.63) is 47.5 Å². The van der Waals surface area contributed by atoms with Gasteiger partial charge in [-0.25, -0.2) is 9.97 Å². The van der Waals surface area contributed by atoms with Crippen LogP contribution in [0.4, 0.5) is 19.1 Å². The number of alkyl halides is 3. The van der Waals surface area contributed by atoms with Gasteiger partial charge in [-0.3, -0.25) is 14.7 Å². The number of hydrogen-bond donors (Lipinski definition) is 1. The number of rotatable bonds is 6. The van der Waals surface area contributed by atoms with E-state index in [1.807, 2.05) is 4.90 Å². The molecule has 0 aliphatic carbocycles. The molecule has 0 unspecified atom stereocenters.